The van der Waals surface area contributed by atoms with Gasteiger partial charge in [0.25, 0.3) is 0 Å². The van der Waals surface area contributed by atoms with Crippen molar-refractivity contribution in [3.05, 3.63) is 12.1 Å². The van der Waals surface area contributed by atoms with Crippen molar-refractivity contribution in [2.24, 2.45) is 0 Å². The molecule has 4 heteroatoms. The Balaban J connectivity index is 3.20. The van der Waals surface area contributed by atoms with E-state index < -0.39 is 0 Å². The van der Waals surface area contributed by atoms with E-state index in [2.05, 4.69) is 6.07 Å². The topological polar surface area (TPSA) is 36.9 Å². The fourth-order valence-corrected chi connectivity index (χ4v) is 1.08. The van der Waals surface area contributed by atoms with Crippen molar-refractivity contribution in [2.75, 3.05) is 28.4 Å². The molecule has 4 nitrogen and oxygen atoms in total. The average Bonchev–Trinajstić information content (AvgIpc) is 2.26. The summed E-state index contributed by atoms with van der Waals surface area (Å²) in [5.74, 6) is 2.10. The first-order valence-corrected chi connectivity index (χ1v) is 4.03. The molecule has 1 aromatic carbocycles. The second-order valence-electron chi connectivity index (χ2n) is 2.47. The second-order valence-corrected chi connectivity index (χ2v) is 2.47. The van der Waals surface area contributed by atoms with Crippen LogP contribution in [0.15, 0.2) is 6.07 Å². The molecule has 0 fully saturated rings. The summed E-state index contributed by atoms with van der Waals surface area (Å²) in [6.07, 6.45) is 0. The number of ether oxygens (including phenoxy) is 4. The van der Waals surface area contributed by atoms with Crippen LogP contribution in [0.3, 0.4) is 0 Å². The summed E-state index contributed by atoms with van der Waals surface area (Å²) >= 11 is 0. The Kier molecular flexibility index (Phi) is 3.45. The van der Waals surface area contributed by atoms with E-state index in [-0.39, 0.29) is 0 Å². The van der Waals surface area contributed by atoms with Crippen LogP contribution in [-0.2, 0) is 0 Å². The lowest BCUT2D eigenvalue weighted by Crippen LogP contribution is -1.95. The summed E-state index contributed by atoms with van der Waals surface area (Å²) < 4.78 is 20.3. The molecule has 0 aromatic heterocycles. The Bertz CT molecular complexity index is 251. The summed E-state index contributed by atoms with van der Waals surface area (Å²) in [5, 5.41) is 0. The summed E-state index contributed by atoms with van der Waals surface area (Å²) in [4.78, 5) is 0. The van der Waals surface area contributed by atoms with Crippen LogP contribution in [0.4, 0.5) is 0 Å². The molecule has 0 saturated carbocycles. The monoisotopic (exact) mass is 197 g/mol. The maximum atomic E-state index is 5.09. The van der Waals surface area contributed by atoms with Crippen LogP contribution in [0, 0.1) is 6.07 Å². The van der Waals surface area contributed by atoms with E-state index in [1.54, 1.807) is 34.5 Å². The van der Waals surface area contributed by atoms with Gasteiger partial charge in [0.1, 0.15) is 0 Å². The van der Waals surface area contributed by atoms with Crippen LogP contribution in [0.2, 0.25) is 0 Å². The Morgan fingerprint density at radius 3 is 1.50 bits per heavy atom. The lowest BCUT2D eigenvalue weighted by Gasteiger charge is -2.12. The van der Waals surface area contributed by atoms with Gasteiger partial charge in [0.2, 0.25) is 0 Å². The van der Waals surface area contributed by atoms with Crippen LogP contribution in [-0.4, -0.2) is 28.4 Å². The average molecular weight is 197 g/mol. The molecule has 0 aliphatic heterocycles. The van der Waals surface area contributed by atoms with E-state index in [1.807, 2.05) is 0 Å². The van der Waals surface area contributed by atoms with Crippen molar-refractivity contribution in [3.8, 4) is 23.0 Å². The Labute approximate surface area is 83.3 Å². The van der Waals surface area contributed by atoms with Gasteiger partial charge in [-0.3, -0.25) is 0 Å². The number of hydrogen-bond acceptors (Lipinski definition) is 4. The molecule has 0 spiro atoms. The van der Waals surface area contributed by atoms with Crippen molar-refractivity contribution in [2.45, 2.75) is 0 Å². The van der Waals surface area contributed by atoms with E-state index in [0.29, 0.717) is 23.0 Å². The van der Waals surface area contributed by atoms with Crippen molar-refractivity contribution in [1.82, 2.24) is 0 Å². The van der Waals surface area contributed by atoms with Crippen molar-refractivity contribution >= 4 is 0 Å². The third kappa shape index (κ3) is 1.84. The van der Waals surface area contributed by atoms with Gasteiger partial charge in [0, 0.05) is 6.07 Å². The van der Waals surface area contributed by atoms with Gasteiger partial charge >= 0.3 is 0 Å². The first-order valence-electron chi connectivity index (χ1n) is 4.03. The molecule has 14 heavy (non-hydrogen) atoms. The normalized spacial score (nSPS) is 9.43. The van der Waals surface area contributed by atoms with Crippen LogP contribution in [0.5, 0.6) is 23.0 Å². The summed E-state index contributed by atoms with van der Waals surface area (Å²) in [6.45, 7) is 0. The quantitative estimate of drug-likeness (QED) is 0.733. The maximum absolute atomic E-state index is 5.09. The van der Waals surface area contributed by atoms with Gasteiger partial charge in [-0.15, -0.1) is 0 Å². The predicted octanol–water partition coefficient (Wildman–Crippen LogP) is 1.52. The summed E-state index contributed by atoms with van der Waals surface area (Å²) in [5.41, 5.74) is 0. The fourth-order valence-electron chi connectivity index (χ4n) is 1.08. The van der Waals surface area contributed by atoms with E-state index in [1.165, 1.54) is 0 Å². The summed E-state index contributed by atoms with van der Waals surface area (Å²) in [6, 6.07) is 4.58. The molecule has 0 aliphatic carbocycles. The molecule has 0 amide bonds. The maximum Gasteiger partial charge on any atom is 0.172 e. The van der Waals surface area contributed by atoms with Gasteiger partial charge in [-0.1, -0.05) is 0 Å². The molecule has 0 saturated heterocycles. The van der Waals surface area contributed by atoms with E-state index >= 15 is 0 Å². The highest BCUT2D eigenvalue weighted by atomic mass is 16.5. The number of benzene rings is 1. The molecule has 1 rings (SSSR count). The standard InChI is InChI=1S/C10H13O4/c1-11-7-5-9(13-3)10(14-4)6-8(7)12-2/h5H,1-4H3. The molecule has 1 radical (unpaired) electrons. The summed E-state index contributed by atoms with van der Waals surface area (Å²) in [7, 11) is 6.19. The molecule has 1 aromatic rings. The van der Waals surface area contributed by atoms with Gasteiger partial charge in [-0.2, -0.15) is 0 Å². The molecule has 0 heterocycles. The number of rotatable bonds is 4. The lowest BCUT2D eigenvalue weighted by molar-refractivity contribution is 0.328. The lowest BCUT2D eigenvalue weighted by atomic mass is 10.2. The van der Waals surface area contributed by atoms with E-state index in [0.717, 1.165) is 0 Å². The smallest absolute Gasteiger partial charge is 0.172 e. The first kappa shape index (κ1) is 10.5. The Hall–Kier alpha value is -1.58. The molecule has 77 valence electrons. The minimum Gasteiger partial charge on any atom is -0.493 e. The first-order chi connectivity index (χ1) is 6.76. The Morgan fingerprint density at radius 1 is 0.786 bits per heavy atom. The third-order valence-electron chi connectivity index (χ3n) is 1.78. The van der Waals surface area contributed by atoms with Gasteiger partial charge in [-0.25, -0.2) is 0 Å². The zero-order chi connectivity index (χ0) is 10.6. The van der Waals surface area contributed by atoms with Gasteiger partial charge in [0.05, 0.1) is 34.5 Å². The molecule has 0 atom stereocenters. The van der Waals surface area contributed by atoms with Crippen LogP contribution in [0.1, 0.15) is 0 Å². The second kappa shape index (κ2) is 4.60. The van der Waals surface area contributed by atoms with Crippen molar-refractivity contribution in [3.63, 3.8) is 0 Å². The van der Waals surface area contributed by atoms with Crippen molar-refractivity contribution < 1.29 is 18.9 Å². The number of hydrogen-bond donors (Lipinski definition) is 0. The molecular formula is C10H13O4. The highest BCUT2D eigenvalue weighted by Gasteiger charge is 2.12. The molecule has 0 N–H and O–H groups in total. The SMILES string of the molecule is COc1[c]c(OC)c(OC)cc1OC. The predicted molar refractivity (Wildman–Crippen MR) is 51.5 cm³/mol. The van der Waals surface area contributed by atoms with Crippen LogP contribution in [0.25, 0.3) is 0 Å². The Morgan fingerprint density at radius 2 is 1.21 bits per heavy atom. The highest BCUT2D eigenvalue weighted by Crippen LogP contribution is 2.38. The fraction of sp³-hybridized carbons (Fsp3) is 0.400. The molecule has 0 aliphatic rings. The zero-order valence-corrected chi connectivity index (χ0v) is 8.71. The minimum absolute atomic E-state index is 0.491. The molecular weight excluding hydrogens is 184 g/mol. The third-order valence-corrected chi connectivity index (χ3v) is 1.78. The van der Waals surface area contributed by atoms with Crippen LogP contribution < -0.4 is 18.9 Å². The van der Waals surface area contributed by atoms with Gasteiger partial charge in [-0.05, 0) is 0 Å². The van der Waals surface area contributed by atoms with Gasteiger partial charge in [0.15, 0.2) is 23.0 Å². The van der Waals surface area contributed by atoms with E-state index in [9.17, 15) is 0 Å². The number of methoxy groups -OCH3 is 4. The minimum atomic E-state index is 0.491. The van der Waals surface area contributed by atoms with Crippen LogP contribution >= 0.6 is 0 Å². The zero-order valence-electron chi connectivity index (χ0n) is 8.71. The van der Waals surface area contributed by atoms with Crippen molar-refractivity contribution in [1.29, 1.82) is 0 Å². The highest BCUT2D eigenvalue weighted by molar-refractivity contribution is 5.53. The molecule has 0 bridgehead atoms. The van der Waals surface area contributed by atoms with E-state index in [4.69, 9.17) is 18.9 Å². The van der Waals surface area contributed by atoms with Gasteiger partial charge < -0.3 is 18.9 Å². The largest absolute Gasteiger partial charge is 0.493 e. The molecule has 0 unspecified atom stereocenters.